The Bertz CT molecular complexity index is 340. The van der Waals surface area contributed by atoms with E-state index in [1.165, 1.54) is 12.1 Å². The fraction of sp³-hybridized carbons (Fsp3) is 0. The van der Waals surface area contributed by atoms with Gasteiger partial charge in [0.25, 0.3) is 0 Å². The number of aromatic carboxylic acids is 1. The summed E-state index contributed by atoms with van der Waals surface area (Å²) in [4.78, 5) is 10.5. The minimum atomic E-state index is -1.26. The molecule has 0 saturated heterocycles. The summed E-state index contributed by atoms with van der Waals surface area (Å²) in [7, 11) is 0. The van der Waals surface area contributed by atoms with E-state index in [0.717, 1.165) is 0 Å². The largest absolute Gasteiger partial charge is 0.478 e. The zero-order valence-electron chi connectivity index (χ0n) is 5.64. The van der Waals surface area contributed by atoms with E-state index in [4.69, 9.17) is 5.11 Å². The highest BCUT2D eigenvalue weighted by Crippen LogP contribution is 2.22. The third kappa shape index (κ3) is 1.95. The van der Waals surface area contributed by atoms with Gasteiger partial charge in [0.1, 0.15) is 0 Å². The van der Waals surface area contributed by atoms with Crippen molar-refractivity contribution < 1.29 is 14.3 Å². The maximum absolute atomic E-state index is 13.0. The molecule has 0 spiro atoms. The second-order valence-electron chi connectivity index (χ2n) is 2.05. The van der Waals surface area contributed by atoms with E-state index in [-0.39, 0.29) is 10.0 Å². The summed E-state index contributed by atoms with van der Waals surface area (Å²) in [5.41, 5.74) is -0.311. The Balaban J connectivity index is 3.37. The van der Waals surface area contributed by atoms with Crippen molar-refractivity contribution in [2.45, 2.75) is 0 Å². The molecule has 0 saturated carbocycles. The Morgan fingerprint density at radius 1 is 1.58 bits per heavy atom. The van der Waals surface area contributed by atoms with Gasteiger partial charge in [0.05, 0.1) is 10.0 Å². The number of carbonyl (C=O) groups is 1. The van der Waals surface area contributed by atoms with Crippen LogP contribution in [0.3, 0.4) is 0 Å². The van der Waals surface area contributed by atoms with Crippen LogP contribution in [0, 0.1) is 9.39 Å². The van der Waals surface area contributed by atoms with E-state index >= 15 is 0 Å². The zero-order valence-corrected chi connectivity index (χ0v) is 9.39. The molecule has 0 aliphatic carbocycles. The Morgan fingerprint density at radius 2 is 2.17 bits per heavy atom. The van der Waals surface area contributed by atoms with Gasteiger partial charge in [0.15, 0.2) is 5.82 Å². The van der Waals surface area contributed by atoms with E-state index in [2.05, 4.69) is 15.9 Å². The highest BCUT2D eigenvalue weighted by atomic mass is 127. The van der Waals surface area contributed by atoms with Crippen LogP contribution in [0.15, 0.2) is 16.6 Å². The Morgan fingerprint density at radius 3 is 2.67 bits per heavy atom. The molecular weight excluding hydrogens is 342 g/mol. The molecule has 1 rings (SSSR count). The van der Waals surface area contributed by atoms with Crippen molar-refractivity contribution >= 4 is 44.5 Å². The molecule has 0 aliphatic heterocycles. The first-order valence-corrected chi connectivity index (χ1v) is 4.77. The maximum atomic E-state index is 13.0. The lowest BCUT2D eigenvalue weighted by Crippen LogP contribution is -2.01. The molecule has 0 fully saturated rings. The van der Waals surface area contributed by atoms with Crippen LogP contribution in [-0.4, -0.2) is 11.1 Å². The first-order chi connectivity index (χ1) is 5.52. The Kier molecular flexibility index (Phi) is 3.05. The Labute approximate surface area is 90.0 Å². The predicted molar refractivity (Wildman–Crippen MR) is 53.8 cm³/mol. The van der Waals surface area contributed by atoms with E-state index < -0.39 is 11.8 Å². The van der Waals surface area contributed by atoms with Crippen LogP contribution < -0.4 is 0 Å². The smallest absolute Gasteiger partial charge is 0.338 e. The van der Waals surface area contributed by atoms with Crippen LogP contribution in [0.1, 0.15) is 10.4 Å². The molecule has 0 aliphatic rings. The highest BCUT2D eigenvalue weighted by molar-refractivity contribution is 14.1. The van der Waals surface area contributed by atoms with Gasteiger partial charge in [0, 0.05) is 3.57 Å². The number of halogens is 3. The summed E-state index contributed by atoms with van der Waals surface area (Å²) in [6.07, 6.45) is 0. The lowest BCUT2D eigenvalue weighted by atomic mass is 10.2. The molecule has 0 heterocycles. The molecule has 64 valence electrons. The highest BCUT2D eigenvalue weighted by Gasteiger charge is 2.13. The first-order valence-electron chi connectivity index (χ1n) is 2.90. The summed E-state index contributed by atoms with van der Waals surface area (Å²) < 4.78 is 13.9. The molecule has 2 nitrogen and oxygen atoms in total. The van der Waals surface area contributed by atoms with Gasteiger partial charge < -0.3 is 5.11 Å². The molecule has 0 amide bonds. The number of rotatable bonds is 1. The number of carboxylic acid groups (broad SMARTS) is 1. The normalized spacial score (nSPS) is 9.92. The molecule has 12 heavy (non-hydrogen) atoms. The third-order valence-electron chi connectivity index (χ3n) is 1.22. The number of benzene rings is 1. The molecule has 1 aromatic carbocycles. The summed E-state index contributed by atoms with van der Waals surface area (Å²) in [5, 5.41) is 8.55. The lowest BCUT2D eigenvalue weighted by molar-refractivity contribution is 0.0691. The van der Waals surface area contributed by atoms with Crippen molar-refractivity contribution in [1.82, 2.24) is 0 Å². The molecule has 0 bridgehead atoms. The molecule has 1 N–H and O–H groups in total. The molecule has 5 heteroatoms. The van der Waals surface area contributed by atoms with Gasteiger partial charge >= 0.3 is 5.97 Å². The minimum absolute atomic E-state index is 0.173. The van der Waals surface area contributed by atoms with E-state index in [1.54, 1.807) is 0 Å². The van der Waals surface area contributed by atoms with Crippen molar-refractivity contribution in [3.63, 3.8) is 0 Å². The number of hydrogen-bond acceptors (Lipinski definition) is 1. The maximum Gasteiger partial charge on any atom is 0.338 e. The van der Waals surface area contributed by atoms with Gasteiger partial charge in [-0.25, -0.2) is 9.18 Å². The van der Waals surface area contributed by atoms with Gasteiger partial charge in [-0.3, -0.25) is 0 Å². The lowest BCUT2D eigenvalue weighted by Gasteiger charge is -2.00. The molecular formula is C7H3BrFIO2. The fourth-order valence-corrected chi connectivity index (χ4v) is 2.22. The summed E-state index contributed by atoms with van der Waals surface area (Å²) in [6, 6.07) is 2.80. The Hall–Kier alpha value is -0.170. The standard InChI is InChI=1S/C7H3BrFIO2/c8-5-2-3(10)1-4(6(5)9)7(11)12/h1-2H,(H,11,12). The van der Waals surface area contributed by atoms with Crippen LogP contribution in [0.5, 0.6) is 0 Å². The van der Waals surface area contributed by atoms with Crippen LogP contribution >= 0.6 is 38.5 Å². The summed E-state index contributed by atoms with van der Waals surface area (Å²) in [6.45, 7) is 0. The molecule has 0 radical (unpaired) electrons. The second-order valence-corrected chi connectivity index (χ2v) is 4.15. The topological polar surface area (TPSA) is 37.3 Å². The van der Waals surface area contributed by atoms with Crippen molar-refractivity contribution in [3.05, 3.63) is 31.6 Å². The monoisotopic (exact) mass is 344 g/mol. The summed E-state index contributed by atoms with van der Waals surface area (Å²) in [5.74, 6) is -1.99. The van der Waals surface area contributed by atoms with Crippen LogP contribution in [0.2, 0.25) is 0 Å². The van der Waals surface area contributed by atoms with Gasteiger partial charge in [-0.1, -0.05) is 0 Å². The van der Waals surface area contributed by atoms with Gasteiger partial charge in [-0.05, 0) is 50.7 Å². The first kappa shape index (κ1) is 9.91. The van der Waals surface area contributed by atoms with Crippen LogP contribution in [0.25, 0.3) is 0 Å². The SMILES string of the molecule is O=C(O)c1cc(I)cc(Br)c1F. The number of hydrogen-bond donors (Lipinski definition) is 1. The van der Waals surface area contributed by atoms with Crippen molar-refractivity contribution in [2.75, 3.05) is 0 Å². The van der Waals surface area contributed by atoms with Crippen molar-refractivity contribution in [1.29, 1.82) is 0 Å². The van der Waals surface area contributed by atoms with E-state index in [9.17, 15) is 9.18 Å². The predicted octanol–water partition coefficient (Wildman–Crippen LogP) is 2.89. The van der Waals surface area contributed by atoms with Crippen LogP contribution in [0.4, 0.5) is 4.39 Å². The second kappa shape index (κ2) is 3.69. The minimum Gasteiger partial charge on any atom is -0.478 e. The van der Waals surface area contributed by atoms with E-state index in [1.807, 2.05) is 22.6 Å². The van der Waals surface area contributed by atoms with Crippen LogP contribution in [-0.2, 0) is 0 Å². The van der Waals surface area contributed by atoms with Gasteiger partial charge in [-0.2, -0.15) is 0 Å². The zero-order chi connectivity index (χ0) is 9.30. The third-order valence-corrected chi connectivity index (χ3v) is 2.42. The summed E-state index contributed by atoms with van der Waals surface area (Å²) >= 11 is 4.84. The van der Waals surface area contributed by atoms with Crippen molar-refractivity contribution in [2.24, 2.45) is 0 Å². The van der Waals surface area contributed by atoms with Gasteiger partial charge in [-0.15, -0.1) is 0 Å². The van der Waals surface area contributed by atoms with Gasteiger partial charge in [0.2, 0.25) is 0 Å². The molecule has 0 atom stereocenters. The number of carboxylic acids is 1. The molecule has 0 aromatic heterocycles. The fourth-order valence-electron chi connectivity index (χ4n) is 0.712. The quantitative estimate of drug-likeness (QED) is 0.628. The average Bonchev–Trinajstić information content (AvgIpc) is 1.96. The molecule has 0 unspecified atom stereocenters. The van der Waals surface area contributed by atoms with Crippen molar-refractivity contribution in [3.8, 4) is 0 Å². The average molecular weight is 345 g/mol. The van der Waals surface area contributed by atoms with E-state index in [0.29, 0.717) is 3.57 Å². The molecule has 1 aromatic rings.